The minimum Gasteiger partial charge on any atom is -0.472 e. The monoisotopic (exact) mass is 415 g/mol. The first-order chi connectivity index (χ1) is 11.8. The average molecular weight is 416 g/mol. The molecule has 0 radical (unpaired) electrons. The number of hydrogen-bond acceptors (Lipinski definition) is 3. The molecule has 1 aromatic carbocycles. The molecule has 4 nitrogen and oxygen atoms in total. The molecule has 0 saturated heterocycles. The fourth-order valence-electron chi connectivity index (χ4n) is 1.87. The number of aromatic nitrogens is 1. The highest BCUT2D eigenvalue weighted by Crippen LogP contribution is 2.30. The molecule has 0 spiro atoms. The number of nitrogens with zero attached hydrogens (tertiary/aromatic N) is 3. The molecule has 0 aliphatic heterocycles. The summed E-state index contributed by atoms with van der Waals surface area (Å²) in [7, 11) is 1.90. The van der Waals surface area contributed by atoms with Crippen LogP contribution in [-0.4, -0.2) is 29.8 Å². The van der Waals surface area contributed by atoms with Crippen molar-refractivity contribution < 1.29 is 17.9 Å². The molecular formula is C17H17BrF3N3O. The summed E-state index contributed by atoms with van der Waals surface area (Å²) in [4.78, 5) is 10.5. The summed E-state index contributed by atoms with van der Waals surface area (Å²) in [6, 6.07) is 3.51. The molecule has 1 heterocycles. The topological polar surface area (TPSA) is 37.7 Å². The molecular weight excluding hydrogens is 399 g/mol. The second-order valence-corrected chi connectivity index (χ2v) is 6.21. The van der Waals surface area contributed by atoms with Crippen LogP contribution in [0.1, 0.15) is 18.2 Å². The van der Waals surface area contributed by atoms with Gasteiger partial charge >= 0.3 is 0 Å². The number of pyridine rings is 1. The fraction of sp³-hybridized carbons (Fsp3) is 0.294. The molecule has 2 rings (SSSR count). The summed E-state index contributed by atoms with van der Waals surface area (Å²) in [6.07, 6.45) is 1.70. The van der Waals surface area contributed by atoms with Crippen molar-refractivity contribution in [2.24, 2.45) is 4.99 Å². The summed E-state index contributed by atoms with van der Waals surface area (Å²) in [6.45, 7) is 4.45. The van der Waals surface area contributed by atoms with Crippen LogP contribution in [-0.2, 0) is 6.61 Å². The van der Waals surface area contributed by atoms with Gasteiger partial charge in [0.2, 0.25) is 5.88 Å². The summed E-state index contributed by atoms with van der Waals surface area (Å²) < 4.78 is 45.4. The highest BCUT2D eigenvalue weighted by Gasteiger charge is 2.13. The molecule has 0 unspecified atom stereocenters. The lowest BCUT2D eigenvalue weighted by Gasteiger charge is -2.11. The van der Waals surface area contributed by atoms with Gasteiger partial charge in [0.05, 0.1) is 22.2 Å². The molecule has 0 saturated carbocycles. The quantitative estimate of drug-likeness (QED) is 0.387. The zero-order valence-corrected chi connectivity index (χ0v) is 15.6. The Hall–Kier alpha value is -2.09. The van der Waals surface area contributed by atoms with E-state index >= 15 is 0 Å². The second kappa shape index (κ2) is 8.33. The SMILES string of the molecule is CCN(C)C=Nc1cc(Br)c(OCc2cc(F)c(F)c(F)c2)nc1C. The molecule has 1 aromatic heterocycles. The van der Waals surface area contributed by atoms with Crippen molar-refractivity contribution in [3.63, 3.8) is 0 Å². The van der Waals surface area contributed by atoms with Crippen LogP contribution >= 0.6 is 15.9 Å². The predicted octanol–water partition coefficient (Wildman–Crippen LogP) is 4.76. The van der Waals surface area contributed by atoms with Crippen LogP contribution in [0.5, 0.6) is 5.88 Å². The summed E-state index contributed by atoms with van der Waals surface area (Å²) >= 11 is 3.34. The molecule has 134 valence electrons. The lowest BCUT2D eigenvalue weighted by Crippen LogP contribution is -2.14. The van der Waals surface area contributed by atoms with Gasteiger partial charge in [-0.15, -0.1) is 0 Å². The van der Waals surface area contributed by atoms with E-state index in [1.165, 1.54) is 0 Å². The molecule has 25 heavy (non-hydrogen) atoms. The third-order valence-corrected chi connectivity index (χ3v) is 3.99. The number of rotatable bonds is 6. The molecule has 0 atom stereocenters. The van der Waals surface area contributed by atoms with E-state index in [1.54, 1.807) is 19.3 Å². The molecule has 8 heteroatoms. The van der Waals surface area contributed by atoms with Crippen molar-refractivity contribution >= 4 is 28.0 Å². The van der Waals surface area contributed by atoms with Crippen molar-refractivity contribution in [1.29, 1.82) is 0 Å². The Morgan fingerprint density at radius 3 is 2.48 bits per heavy atom. The van der Waals surface area contributed by atoms with Gasteiger partial charge in [-0.1, -0.05) is 0 Å². The van der Waals surface area contributed by atoms with E-state index in [-0.39, 0.29) is 18.1 Å². The smallest absolute Gasteiger partial charge is 0.228 e. The van der Waals surface area contributed by atoms with E-state index < -0.39 is 17.5 Å². The number of hydrogen-bond donors (Lipinski definition) is 0. The van der Waals surface area contributed by atoms with E-state index in [2.05, 4.69) is 25.9 Å². The van der Waals surface area contributed by atoms with Crippen LogP contribution in [0.25, 0.3) is 0 Å². The third-order valence-electron chi connectivity index (χ3n) is 3.42. The van der Waals surface area contributed by atoms with Gasteiger partial charge in [0.15, 0.2) is 17.5 Å². The normalized spacial score (nSPS) is 11.2. The molecule has 0 aliphatic carbocycles. The zero-order chi connectivity index (χ0) is 18.6. The molecule has 2 aromatic rings. The number of benzene rings is 1. The Morgan fingerprint density at radius 2 is 1.88 bits per heavy atom. The maximum Gasteiger partial charge on any atom is 0.228 e. The number of aryl methyl sites for hydroxylation is 1. The first-order valence-electron chi connectivity index (χ1n) is 7.49. The van der Waals surface area contributed by atoms with Gasteiger partial charge in [0.1, 0.15) is 6.61 Å². The first kappa shape index (κ1) is 19.2. The van der Waals surface area contributed by atoms with Crippen molar-refractivity contribution in [2.45, 2.75) is 20.5 Å². The van der Waals surface area contributed by atoms with Gasteiger partial charge in [-0.05, 0) is 53.5 Å². The van der Waals surface area contributed by atoms with Crippen LogP contribution < -0.4 is 4.74 Å². The van der Waals surface area contributed by atoms with Crippen LogP contribution in [0.2, 0.25) is 0 Å². The molecule has 0 fully saturated rings. The molecule has 0 bridgehead atoms. The van der Waals surface area contributed by atoms with Crippen molar-refractivity contribution in [3.05, 3.63) is 51.4 Å². The van der Waals surface area contributed by atoms with Gasteiger partial charge < -0.3 is 9.64 Å². The largest absolute Gasteiger partial charge is 0.472 e. The standard InChI is InChI=1S/C17H17BrF3N3O/c1-4-24(3)9-22-15-7-12(18)17(23-10(15)2)25-8-11-5-13(19)16(21)14(20)6-11/h5-7,9H,4,8H2,1-3H3. The maximum absolute atomic E-state index is 13.2. The Balaban J connectivity index is 2.15. The lowest BCUT2D eigenvalue weighted by atomic mass is 10.2. The minimum atomic E-state index is -1.50. The predicted molar refractivity (Wildman–Crippen MR) is 93.8 cm³/mol. The average Bonchev–Trinajstić information content (AvgIpc) is 2.58. The molecule has 0 aliphatic rings. The third kappa shape index (κ3) is 4.94. The van der Waals surface area contributed by atoms with Gasteiger partial charge in [-0.2, -0.15) is 0 Å². The number of halogens is 4. The van der Waals surface area contributed by atoms with E-state index in [4.69, 9.17) is 4.74 Å². The van der Waals surface area contributed by atoms with Gasteiger partial charge in [-0.25, -0.2) is 23.1 Å². The van der Waals surface area contributed by atoms with Crippen LogP contribution in [0.3, 0.4) is 0 Å². The lowest BCUT2D eigenvalue weighted by molar-refractivity contribution is 0.289. The second-order valence-electron chi connectivity index (χ2n) is 5.36. The van der Waals surface area contributed by atoms with E-state index in [9.17, 15) is 13.2 Å². The maximum atomic E-state index is 13.2. The zero-order valence-electron chi connectivity index (χ0n) is 14.0. The summed E-state index contributed by atoms with van der Waals surface area (Å²) in [5, 5.41) is 0. The summed E-state index contributed by atoms with van der Waals surface area (Å²) in [5.41, 5.74) is 1.46. The minimum absolute atomic E-state index is 0.152. The number of ether oxygens (including phenoxy) is 1. The van der Waals surface area contributed by atoms with Crippen LogP contribution in [0.4, 0.5) is 18.9 Å². The van der Waals surface area contributed by atoms with E-state index in [1.807, 2.05) is 18.9 Å². The van der Waals surface area contributed by atoms with E-state index in [0.29, 0.717) is 15.9 Å². The van der Waals surface area contributed by atoms with Crippen molar-refractivity contribution in [2.75, 3.05) is 13.6 Å². The van der Waals surface area contributed by atoms with Gasteiger partial charge in [-0.3, -0.25) is 0 Å². The highest BCUT2D eigenvalue weighted by molar-refractivity contribution is 9.10. The Labute approximate surface area is 152 Å². The number of aliphatic imine (C=N–C) groups is 1. The van der Waals surface area contributed by atoms with Crippen LogP contribution in [0.15, 0.2) is 27.7 Å². The highest BCUT2D eigenvalue weighted by atomic mass is 79.9. The fourth-order valence-corrected chi connectivity index (χ4v) is 2.29. The van der Waals surface area contributed by atoms with Crippen molar-refractivity contribution in [1.82, 2.24) is 9.88 Å². The van der Waals surface area contributed by atoms with E-state index in [0.717, 1.165) is 18.7 Å². The Morgan fingerprint density at radius 1 is 1.24 bits per heavy atom. The van der Waals surface area contributed by atoms with Gasteiger partial charge in [0, 0.05) is 13.6 Å². The Bertz CT molecular complexity index is 776. The molecule has 0 N–H and O–H groups in total. The van der Waals surface area contributed by atoms with Crippen molar-refractivity contribution in [3.8, 4) is 5.88 Å². The first-order valence-corrected chi connectivity index (χ1v) is 8.29. The summed E-state index contributed by atoms with van der Waals surface area (Å²) in [5.74, 6) is -3.76. The van der Waals surface area contributed by atoms with Gasteiger partial charge in [0.25, 0.3) is 0 Å². The molecule has 0 amide bonds. The van der Waals surface area contributed by atoms with Crippen LogP contribution in [0, 0.1) is 24.4 Å². The Kier molecular flexibility index (Phi) is 6.41.